The van der Waals surface area contributed by atoms with Crippen molar-refractivity contribution in [3.8, 4) is 0 Å². The van der Waals surface area contributed by atoms with Gasteiger partial charge in [0.25, 0.3) is 7.82 Å². The molecule has 1 amide bonds. The van der Waals surface area contributed by atoms with Crippen LogP contribution in [0.3, 0.4) is 0 Å². The number of carbonyl (C=O) groups excluding carboxylic acids is 2. The number of esters is 1. The molecule has 0 rings (SSSR count). The van der Waals surface area contributed by atoms with Gasteiger partial charge in [-0.1, -0.05) is 288 Å². The number of allylic oxidation sites excluding steroid dienone is 7. The van der Waals surface area contributed by atoms with Gasteiger partial charge in [0.15, 0.2) is 0 Å². The minimum absolute atomic E-state index is 0.0216. The molecule has 0 saturated carbocycles. The topological polar surface area (TPSA) is 114 Å². The molecule has 0 aromatic carbocycles. The smallest absolute Gasteiger partial charge is 0.306 e. The molecule has 81 heavy (non-hydrogen) atoms. The number of hydrogen-bond acceptors (Lipinski definition) is 7. The highest BCUT2D eigenvalue weighted by Crippen LogP contribution is 2.38. The molecule has 1 N–H and O–H groups in total. The molecule has 0 aliphatic carbocycles. The molecule has 0 saturated heterocycles. The van der Waals surface area contributed by atoms with Crippen molar-refractivity contribution < 1.29 is 37.3 Å². The van der Waals surface area contributed by atoms with Crippen LogP contribution in [0.1, 0.15) is 342 Å². The first-order valence-electron chi connectivity index (χ1n) is 34.9. The number of unbranched alkanes of at least 4 members (excludes halogenated alkanes) is 42. The molecule has 9 nitrogen and oxygen atoms in total. The molecular formula is C71H135N2O7P. The van der Waals surface area contributed by atoms with Crippen LogP contribution in [0.4, 0.5) is 0 Å². The predicted molar refractivity (Wildman–Crippen MR) is 349 cm³/mol. The number of nitrogens with one attached hydrogen (secondary N) is 1. The van der Waals surface area contributed by atoms with Gasteiger partial charge in [-0.15, -0.1) is 0 Å². The Balaban J connectivity index is 5.08. The molecular weight excluding hydrogens is 1020 g/mol. The van der Waals surface area contributed by atoms with Gasteiger partial charge in [-0.25, -0.2) is 0 Å². The molecule has 0 aliphatic rings. The Hall–Kier alpha value is -2.03. The molecule has 0 spiro atoms. The molecule has 10 heteroatoms. The largest absolute Gasteiger partial charge is 0.756 e. The Bertz CT molecular complexity index is 1520. The van der Waals surface area contributed by atoms with E-state index in [1.54, 1.807) is 0 Å². The monoisotopic (exact) mass is 1160 g/mol. The lowest BCUT2D eigenvalue weighted by atomic mass is 10.0. The highest BCUT2D eigenvalue weighted by molar-refractivity contribution is 7.45. The fourth-order valence-electron chi connectivity index (χ4n) is 10.3. The molecule has 476 valence electrons. The van der Waals surface area contributed by atoms with Crippen molar-refractivity contribution in [2.75, 3.05) is 40.9 Å². The van der Waals surface area contributed by atoms with E-state index in [4.69, 9.17) is 13.8 Å². The molecule has 0 heterocycles. The fraction of sp³-hybridized carbons (Fsp3) is 0.859. The van der Waals surface area contributed by atoms with E-state index in [2.05, 4.69) is 62.5 Å². The molecule has 0 radical (unpaired) electrons. The number of likely N-dealkylation sites (N-methyl/N-ethyl adjacent to an activating group) is 1. The summed E-state index contributed by atoms with van der Waals surface area (Å²) in [5.41, 5.74) is 0. The Kier molecular flexibility index (Phi) is 59.5. The third-order valence-corrected chi connectivity index (χ3v) is 16.7. The van der Waals surface area contributed by atoms with Crippen LogP contribution in [0.15, 0.2) is 48.6 Å². The maximum absolute atomic E-state index is 13.6. The summed E-state index contributed by atoms with van der Waals surface area (Å²) < 4.78 is 30.4. The first-order valence-corrected chi connectivity index (χ1v) is 36.4. The van der Waals surface area contributed by atoms with Gasteiger partial charge in [0, 0.05) is 12.8 Å². The van der Waals surface area contributed by atoms with Crippen molar-refractivity contribution in [3.63, 3.8) is 0 Å². The van der Waals surface area contributed by atoms with Crippen LogP contribution >= 0.6 is 7.82 Å². The van der Waals surface area contributed by atoms with Crippen molar-refractivity contribution in [1.82, 2.24) is 5.32 Å². The second kappa shape index (κ2) is 61.1. The Morgan fingerprint density at radius 2 is 0.753 bits per heavy atom. The van der Waals surface area contributed by atoms with E-state index in [0.717, 1.165) is 77.0 Å². The van der Waals surface area contributed by atoms with Gasteiger partial charge in [-0.05, 0) is 89.5 Å². The Morgan fingerprint density at radius 3 is 1.15 bits per heavy atom. The van der Waals surface area contributed by atoms with E-state index in [1.165, 1.54) is 231 Å². The molecule has 0 fully saturated rings. The Morgan fingerprint density at radius 1 is 0.432 bits per heavy atom. The SMILES string of the molecule is CCCCC/C=C\C/C=C\CCCCCCCCCCCCCCCCCC(=O)NC(COP(=O)([O-])OCC[N+](C)(C)C)C(/C=C\CCCCCCCCCCCCC)OC(=O)CCCCCCCCC/C=C/CCCCCCCC. The molecule has 0 aromatic heterocycles. The second-order valence-corrected chi connectivity index (χ2v) is 26.4. The van der Waals surface area contributed by atoms with Crippen LogP contribution in [0.25, 0.3) is 0 Å². The van der Waals surface area contributed by atoms with E-state index >= 15 is 0 Å². The summed E-state index contributed by atoms with van der Waals surface area (Å²) >= 11 is 0. The first-order chi connectivity index (χ1) is 39.4. The van der Waals surface area contributed by atoms with Crippen LogP contribution in [-0.4, -0.2) is 69.4 Å². The van der Waals surface area contributed by atoms with Gasteiger partial charge >= 0.3 is 5.97 Å². The van der Waals surface area contributed by atoms with E-state index in [0.29, 0.717) is 17.4 Å². The summed E-state index contributed by atoms with van der Waals surface area (Å²) in [5.74, 6) is -0.531. The zero-order valence-electron chi connectivity index (χ0n) is 54.5. The number of rotatable bonds is 64. The van der Waals surface area contributed by atoms with Gasteiger partial charge in [-0.3, -0.25) is 14.2 Å². The average molecular weight is 1160 g/mol. The van der Waals surface area contributed by atoms with Crippen LogP contribution in [0.5, 0.6) is 0 Å². The first kappa shape index (κ1) is 79.0. The quantitative estimate of drug-likeness (QED) is 0.0212. The van der Waals surface area contributed by atoms with Crippen molar-refractivity contribution in [2.45, 2.75) is 354 Å². The molecule has 3 unspecified atom stereocenters. The number of phosphoric ester groups is 1. The summed E-state index contributed by atoms with van der Waals surface area (Å²) in [5, 5.41) is 3.05. The Labute approximate surface area is 503 Å². The maximum Gasteiger partial charge on any atom is 0.306 e. The summed E-state index contributed by atoms with van der Waals surface area (Å²) in [6.07, 6.45) is 76.5. The summed E-state index contributed by atoms with van der Waals surface area (Å²) in [6.45, 7) is 6.86. The van der Waals surface area contributed by atoms with Crippen LogP contribution in [-0.2, 0) is 27.9 Å². The van der Waals surface area contributed by atoms with Gasteiger partial charge in [0.2, 0.25) is 5.91 Å². The lowest BCUT2D eigenvalue weighted by molar-refractivity contribution is -0.870. The van der Waals surface area contributed by atoms with Crippen molar-refractivity contribution in [3.05, 3.63) is 48.6 Å². The van der Waals surface area contributed by atoms with Gasteiger partial charge in [-0.2, -0.15) is 0 Å². The van der Waals surface area contributed by atoms with Gasteiger partial charge in [0.05, 0.1) is 33.8 Å². The van der Waals surface area contributed by atoms with Crippen molar-refractivity contribution in [1.29, 1.82) is 0 Å². The van der Waals surface area contributed by atoms with Gasteiger partial charge in [0.1, 0.15) is 19.3 Å². The minimum atomic E-state index is -4.70. The normalized spacial score (nSPS) is 13.8. The average Bonchev–Trinajstić information content (AvgIpc) is 3.44. The van der Waals surface area contributed by atoms with E-state index in [9.17, 15) is 19.0 Å². The fourth-order valence-corrected chi connectivity index (χ4v) is 11.0. The van der Waals surface area contributed by atoms with Crippen LogP contribution in [0.2, 0.25) is 0 Å². The molecule has 0 aliphatic heterocycles. The lowest BCUT2D eigenvalue weighted by Gasteiger charge is -2.30. The number of amides is 1. The number of quaternary nitrogens is 1. The highest BCUT2D eigenvalue weighted by Gasteiger charge is 2.27. The van der Waals surface area contributed by atoms with Gasteiger partial charge < -0.3 is 28.5 Å². The zero-order chi connectivity index (χ0) is 59.3. The summed E-state index contributed by atoms with van der Waals surface area (Å²) in [4.78, 5) is 40.2. The van der Waals surface area contributed by atoms with E-state index in [-0.39, 0.29) is 31.5 Å². The number of ether oxygens (including phenoxy) is 1. The zero-order valence-corrected chi connectivity index (χ0v) is 55.4. The number of hydrogen-bond donors (Lipinski definition) is 1. The van der Waals surface area contributed by atoms with E-state index in [1.807, 2.05) is 33.3 Å². The highest BCUT2D eigenvalue weighted by atomic mass is 31.2. The molecule has 0 aromatic rings. The van der Waals surface area contributed by atoms with E-state index < -0.39 is 20.0 Å². The maximum atomic E-state index is 13.6. The second-order valence-electron chi connectivity index (χ2n) is 25.0. The van der Waals surface area contributed by atoms with Crippen molar-refractivity contribution in [2.24, 2.45) is 0 Å². The number of phosphoric acid groups is 1. The third kappa shape index (κ3) is 62.3. The summed E-state index contributed by atoms with van der Waals surface area (Å²) in [7, 11) is 1.19. The summed E-state index contributed by atoms with van der Waals surface area (Å²) in [6, 6.07) is -0.889. The molecule has 0 bridgehead atoms. The minimum Gasteiger partial charge on any atom is -0.756 e. The number of carbonyl (C=O) groups is 2. The predicted octanol–water partition coefficient (Wildman–Crippen LogP) is 21.4. The van der Waals surface area contributed by atoms with Crippen LogP contribution < -0.4 is 10.2 Å². The molecule has 3 atom stereocenters. The van der Waals surface area contributed by atoms with Crippen molar-refractivity contribution >= 4 is 19.7 Å². The van der Waals surface area contributed by atoms with Crippen LogP contribution in [0, 0.1) is 0 Å². The lowest BCUT2D eigenvalue weighted by Crippen LogP contribution is -2.47. The third-order valence-electron chi connectivity index (χ3n) is 15.7. The number of nitrogens with zero attached hydrogens (tertiary/aromatic N) is 1. The standard InChI is InChI=1S/C71H135N2O7P/c1-7-10-13-16-19-22-25-28-30-32-33-34-35-36-37-38-39-41-42-45-48-51-54-57-60-63-70(74)72-68(67-79-81(76,77)78-66-65-73(4,5)6)69(62-59-56-53-50-47-44-27-24-21-18-15-12-9-3)80-71(75)64-61-58-55-52-49-46-43-40-31-29-26-23-20-17-14-11-8-2/h19,22,28-31,59,62,68-69H,7-18,20-21,23-27,32-58,60-61,63-67H2,1-6H3,(H-,72,74,76,77)/b22-19-,30-28-,31-29+,62-59-.